The van der Waals surface area contributed by atoms with Crippen LogP contribution in [0.2, 0.25) is 0 Å². The molecule has 2 atom stereocenters. The number of ether oxygens (including phenoxy) is 2. The molecule has 6 heteroatoms. The fourth-order valence-electron chi connectivity index (χ4n) is 3.20. The monoisotopic (exact) mass is 362 g/mol. The van der Waals surface area contributed by atoms with Gasteiger partial charge in [-0.3, -0.25) is 0 Å². The second kappa shape index (κ2) is 6.58. The van der Waals surface area contributed by atoms with E-state index in [0.717, 1.165) is 5.56 Å². The molecule has 3 N–H and O–H groups in total. The molecule has 1 aromatic carbocycles. The van der Waals surface area contributed by atoms with E-state index in [2.05, 4.69) is 5.32 Å². The second-order valence-electron chi connectivity index (χ2n) is 8.86. The molecule has 1 amide bonds. The molecule has 144 valence electrons. The minimum absolute atomic E-state index is 0.200. The smallest absolute Gasteiger partial charge is 0.408 e. The number of carbonyl (C=O) groups is 2. The van der Waals surface area contributed by atoms with Gasteiger partial charge in [0.05, 0.1) is 0 Å². The molecule has 1 aromatic rings. The third-order valence-corrected chi connectivity index (χ3v) is 4.40. The molecule has 0 radical (unpaired) electrons. The van der Waals surface area contributed by atoms with Crippen molar-refractivity contribution in [1.82, 2.24) is 5.32 Å². The first-order valence-electron chi connectivity index (χ1n) is 8.85. The van der Waals surface area contributed by atoms with E-state index in [9.17, 15) is 9.59 Å². The van der Waals surface area contributed by atoms with Crippen LogP contribution in [0.3, 0.4) is 0 Å². The van der Waals surface area contributed by atoms with Crippen molar-refractivity contribution in [2.75, 3.05) is 6.54 Å². The third kappa shape index (κ3) is 4.01. The van der Waals surface area contributed by atoms with E-state index < -0.39 is 34.2 Å². The van der Waals surface area contributed by atoms with Gasteiger partial charge >= 0.3 is 12.1 Å². The summed E-state index contributed by atoms with van der Waals surface area (Å²) in [5.41, 5.74) is 3.67. The van der Waals surface area contributed by atoms with Crippen molar-refractivity contribution < 1.29 is 19.1 Å². The predicted molar refractivity (Wildman–Crippen MR) is 99.7 cm³/mol. The van der Waals surface area contributed by atoms with Crippen LogP contribution < -0.4 is 11.1 Å². The molecule has 2 unspecified atom stereocenters. The number of carbonyl (C=O) groups excluding carboxylic acids is 2. The van der Waals surface area contributed by atoms with Crippen molar-refractivity contribution in [3.63, 3.8) is 0 Å². The first kappa shape index (κ1) is 20.2. The number of hydrogen-bond donors (Lipinski definition) is 2. The largest absolute Gasteiger partial charge is 0.458 e. The molecule has 1 saturated carbocycles. The molecule has 0 saturated heterocycles. The molecule has 0 spiro atoms. The topological polar surface area (TPSA) is 90.6 Å². The fraction of sp³-hybridized carbons (Fsp3) is 0.600. The Morgan fingerprint density at radius 3 is 2.04 bits per heavy atom. The number of nitrogens with two attached hydrogens (primary N) is 1. The molecule has 2 rings (SSSR count). The standard InChI is InChI=1S/C20H30N2O4/c1-17(2,3)25-15(23)20(22-16(24)26-18(4,5)6)12-19(20,13-21)14-10-8-7-9-11-14/h7-11H,12-13,21H2,1-6H3,(H,22,24). The predicted octanol–water partition coefficient (Wildman–Crippen LogP) is 2.89. The Kier molecular flexibility index (Phi) is 5.12. The van der Waals surface area contributed by atoms with Crippen LogP contribution in [0.5, 0.6) is 0 Å². The summed E-state index contributed by atoms with van der Waals surface area (Å²) in [5.74, 6) is -0.495. The first-order chi connectivity index (χ1) is 11.9. The average molecular weight is 362 g/mol. The van der Waals surface area contributed by atoms with Crippen LogP contribution in [-0.4, -0.2) is 35.3 Å². The lowest BCUT2D eigenvalue weighted by Crippen LogP contribution is -2.53. The summed E-state index contributed by atoms with van der Waals surface area (Å²) in [5, 5.41) is 2.77. The van der Waals surface area contributed by atoms with Crippen LogP contribution in [0.15, 0.2) is 30.3 Å². The van der Waals surface area contributed by atoms with Gasteiger partial charge < -0.3 is 20.5 Å². The van der Waals surface area contributed by atoms with Crippen LogP contribution in [0.4, 0.5) is 4.79 Å². The first-order valence-corrected chi connectivity index (χ1v) is 8.85. The molecular formula is C20H30N2O4. The van der Waals surface area contributed by atoms with Gasteiger partial charge in [0.2, 0.25) is 0 Å². The van der Waals surface area contributed by atoms with Crippen LogP contribution in [0.1, 0.15) is 53.5 Å². The van der Waals surface area contributed by atoms with E-state index in [1.807, 2.05) is 30.3 Å². The van der Waals surface area contributed by atoms with Gasteiger partial charge in [0.25, 0.3) is 0 Å². The second-order valence-corrected chi connectivity index (χ2v) is 8.86. The Bertz CT molecular complexity index is 675. The van der Waals surface area contributed by atoms with Crippen molar-refractivity contribution in [3.05, 3.63) is 35.9 Å². The molecular weight excluding hydrogens is 332 g/mol. The zero-order valence-corrected chi connectivity index (χ0v) is 16.5. The lowest BCUT2D eigenvalue weighted by Gasteiger charge is -2.30. The molecule has 1 aliphatic rings. The van der Waals surface area contributed by atoms with Gasteiger partial charge in [0.1, 0.15) is 11.2 Å². The lowest BCUT2D eigenvalue weighted by atomic mass is 9.90. The molecule has 26 heavy (non-hydrogen) atoms. The summed E-state index contributed by atoms with van der Waals surface area (Å²) in [6.07, 6.45) is -0.288. The van der Waals surface area contributed by atoms with Gasteiger partial charge in [-0.05, 0) is 53.5 Å². The molecule has 0 aromatic heterocycles. The van der Waals surface area contributed by atoms with Gasteiger partial charge in [0, 0.05) is 12.0 Å². The van der Waals surface area contributed by atoms with E-state index >= 15 is 0 Å². The average Bonchev–Trinajstić information content (AvgIpc) is 3.15. The van der Waals surface area contributed by atoms with E-state index in [4.69, 9.17) is 15.2 Å². The minimum atomic E-state index is -1.24. The quantitative estimate of drug-likeness (QED) is 0.804. The number of hydrogen-bond acceptors (Lipinski definition) is 5. The van der Waals surface area contributed by atoms with Gasteiger partial charge in [-0.15, -0.1) is 0 Å². The Labute approximate surface area is 155 Å². The Hall–Kier alpha value is -2.08. The number of esters is 1. The number of amides is 1. The lowest BCUT2D eigenvalue weighted by molar-refractivity contribution is -0.159. The SMILES string of the molecule is CC(C)(C)OC(=O)NC1(C(=O)OC(C)(C)C)CC1(CN)c1ccccc1. The Morgan fingerprint density at radius 1 is 1.04 bits per heavy atom. The Morgan fingerprint density at radius 2 is 1.58 bits per heavy atom. The van der Waals surface area contributed by atoms with Gasteiger partial charge in [-0.2, -0.15) is 0 Å². The van der Waals surface area contributed by atoms with E-state index in [0.29, 0.717) is 6.42 Å². The maximum absolute atomic E-state index is 13.0. The number of rotatable bonds is 4. The zero-order valence-electron chi connectivity index (χ0n) is 16.5. The summed E-state index contributed by atoms with van der Waals surface area (Å²) >= 11 is 0. The van der Waals surface area contributed by atoms with Crippen molar-refractivity contribution in [2.45, 2.75) is 70.1 Å². The maximum Gasteiger partial charge on any atom is 0.408 e. The molecule has 1 aliphatic carbocycles. The molecule has 0 aliphatic heterocycles. The van der Waals surface area contributed by atoms with Gasteiger partial charge in [-0.25, -0.2) is 9.59 Å². The van der Waals surface area contributed by atoms with Crippen molar-refractivity contribution in [2.24, 2.45) is 5.73 Å². The number of benzene rings is 1. The summed E-state index contributed by atoms with van der Waals surface area (Å²) in [6, 6.07) is 9.49. The summed E-state index contributed by atoms with van der Waals surface area (Å²) in [7, 11) is 0. The molecule has 0 bridgehead atoms. The highest BCUT2D eigenvalue weighted by Gasteiger charge is 2.74. The number of nitrogens with one attached hydrogen (secondary N) is 1. The highest BCUT2D eigenvalue weighted by Crippen LogP contribution is 2.58. The number of alkyl carbamates (subject to hydrolysis) is 1. The highest BCUT2D eigenvalue weighted by atomic mass is 16.6. The highest BCUT2D eigenvalue weighted by molar-refractivity contribution is 5.93. The van der Waals surface area contributed by atoms with E-state index in [-0.39, 0.29) is 6.54 Å². The van der Waals surface area contributed by atoms with E-state index in [1.165, 1.54) is 0 Å². The van der Waals surface area contributed by atoms with Crippen LogP contribution in [0.25, 0.3) is 0 Å². The maximum atomic E-state index is 13.0. The normalized spacial score (nSPS) is 25.3. The molecule has 0 heterocycles. The van der Waals surface area contributed by atoms with Crippen molar-refractivity contribution in [3.8, 4) is 0 Å². The fourth-order valence-corrected chi connectivity index (χ4v) is 3.20. The zero-order chi connectivity index (χ0) is 19.8. The van der Waals surface area contributed by atoms with Crippen molar-refractivity contribution >= 4 is 12.1 Å². The van der Waals surface area contributed by atoms with Gasteiger partial charge in [0.15, 0.2) is 5.54 Å². The summed E-state index contributed by atoms with van der Waals surface area (Å²) in [4.78, 5) is 25.5. The Balaban J connectivity index is 2.38. The van der Waals surface area contributed by atoms with Crippen LogP contribution in [0, 0.1) is 0 Å². The third-order valence-electron chi connectivity index (χ3n) is 4.40. The van der Waals surface area contributed by atoms with E-state index in [1.54, 1.807) is 41.5 Å². The molecule has 6 nitrogen and oxygen atoms in total. The van der Waals surface area contributed by atoms with Gasteiger partial charge in [-0.1, -0.05) is 30.3 Å². The summed E-state index contributed by atoms with van der Waals surface area (Å²) < 4.78 is 11.0. The van der Waals surface area contributed by atoms with Crippen LogP contribution >= 0.6 is 0 Å². The minimum Gasteiger partial charge on any atom is -0.458 e. The summed E-state index contributed by atoms with van der Waals surface area (Å²) in [6.45, 7) is 10.9. The molecule has 1 fully saturated rings. The van der Waals surface area contributed by atoms with Crippen molar-refractivity contribution in [1.29, 1.82) is 0 Å². The van der Waals surface area contributed by atoms with Crippen LogP contribution in [-0.2, 0) is 19.7 Å².